The van der Waals surface area contributed by atoms with Crippen molar-refractivity contribution in [3.8, 4) is 5.75 Å². The van der Waals surface area contributed by atoms with E-state index in [1.54, 1.807) is 0 Å². The molecule has 0 bridgehead atoms. The third kappa shape index (κ3) is 2.95. The van der Waals surface area contributed by atoms with Crippen molar-refractivity contribution >= 4 is 11.6 Å². The predicted octanol–water partition coefficient (Wildman–Crippen LogP) is 3.50. The molecule has 0 saturated carbocycles. The van der Waals surface area contributed by atoms with E-state index >= 15 is 0 Å². The lowest BCUT2D eigenvalue weighted by Gasteiger charge is -2.27. The maximum Gasteiger partial charge on any atom is 0.138 e. The van der Waals surface area contributed by atoms with E-state index in [0.29, 0.717) is 11.6 Å². The van der Waals surface area contributed by atoms with Crippen LogP contribution in [0.2, 0.25) is 5.02 Å². The van der Waals surface area contributed by atoms with Crippen LogP contribution in [0.25, 0.3) is 0 Å². The van der Waals surface area contributed by atoms with E-state index < -0.39 is 0 Å². The summed E-state index contributed by atoms with van der Waals surface area (Å²) in [5.74, 6) is 0.771. The molecule has 2 aliphatic rings. The number of rotatable bonds is 3. The minimum Gasteiger partial charge on any atom is -0.486 e. The molecule has 1 aromatic carbocycles. The summed E-state index contributed by atoms with van der Waals surface area (Å²) < 4.78 is 11.4. The summed E-state index contributed by atoms with van der Waals surface area (Å²) in [6.45, 7) is 4.82. The van der Waals surface area contributed by atoms with Crippen LogP contribution in [0.4, 0.5) is 0 Å². The van der Waals surface area contributed by atoms with E-state index in [1.165, 1.54) is 12.0 Å². The molecule has 4 heteroatoms. The van der Waals surface area contributed by atoms with E-state index in [1.807, 2.05) is 12.1 Å². The summed E-state index contributed by atoms with van der Waals surface area (Å²) in [4.78, 5) is 0. The molecule has 0 amide bonds. The van der Waals surface area contributed by atoms with Gasteiger partial charge in [0, 0.05) is 12.1 Å². The summed E-state index contributed by atoms with van der Waals surface area (Å²) in [6.07, 6.45) is 4.60. The molecule has 1 N–H and O–H groups in total. The van der Waals surface area contributed by atoms with Crippen molar-refractivity contribution in [3.63, 3.8) is 0 Å². The summed E-state index contributed by atoms with van der Waals surface area (Å²) >= 11 is 6.40. The number of hydrogen-bond acceptors (Lipinski definition) is 3. The molecule has 2 fully saturated rings. The number of benzene rings is 1. The van der Waals surface area contributed by atoms with Gasteiger partial charge in [-0.25, -0.2) is 0 Å². The first-order valence-electron chi connectivity index (χ1n) is 7.47. The Balaban J connectivity index is 1.73. The largest absolute Gasteiger partial charge is 0.486 e. The maximum absolute atomic E-state index is 6.40. The first-order chi connectivity index (χ1) is 9.67. The van der Waals surface area contributed by atoms with Crippen LogP contribution in [-0.2, 0) is 10.3 Å². The van der Waals surface area contributed by atoms with Crippen LogP contribution < -0.4 is 10.1 Å². The van der Waals surface area contributed by atoms with Gasteiger partial charge in [0.1, 0.15) is 11.9 Å². The summed E-state index contributed by atoms with van der Waals surface area (Å²) in [5, 5.41) is 4.26. The van der Waals surface area contributed by atoms with Crippen molar-refractivity contribution in [1.82, 2.24) is 5.32 Å². The Morgan fingerprint density at radius 3 is 2.95 bits per heavy atom. The molecule has 0 aliphatic carbocycles. The number of nitrogens with one attached hydrogen (secondary N) is 1. The molecule has 20 heavy (non-hydrogen) atoms. The van der Waals surface area contributed by atoms with Gasteiger partial charge in [0.2, 0.25) is 0 Å². The first kappa shape index (κ1) is 14.2. The number of halogens is 1. The zero-order valence-electron chi connectivity index (χ0n) is 12.0. The second kappa shape index (κ2) is 5.92. The van der Waals surface area contributed by atoms with Crippen LogP contribution in [0.3, 0.4) is 0 Å². The van der Waals surface area contributed by atoms with Gasteiger partial charge >= 0.3 is 0 Å². The second-order valence-electron chi connectivity index (χ2n) is 5.96. The minimum atomic E-state index is 0.0517. The van der Waals surface area contributed by atoms with Crippen molar-refractivity contribution in [3.05, 3.63) is 28.8 Å². The van der Waals surface area contributed by atoms with Gasteiger partial charge in [-0.2, -0.15) is 0 Å². The molecule has 3 nitrogen and oxygen atoms in total. The van der Waals surface area contributed by atoms with Gasteiger partial charge < -0.3 is 14.8 Å². The molecule has 2 atom stereocenters. The lowest BCUT2D eigenvalue weighted by Crippen LogP contribution is -2.33. The maximum atomic E-state index is 6.40. The van der Waals surface area contributed by atoms with Crippen molar-refractivity contribution in [2.75, 3.05) is 19.8 Å². The lowest BCUT2D eigenvalue weighted by molar-refractivity contribution is 0.00746. The normalized spacial score (nSPS) is 30.4. The molecular weight excluding hydrogens is 274 g/mol. The monoisotopic (exact) mass is 295 g/mol. The fourth-order valence-corrected chi connectivity index (χ4v) is 3.29. The molecule has 2 unspecified atom stereocenters. The molecule has 2 aliphatic heterocycles. The molecule has 0 aromatic heterocycles. The molecule has 110 valence electrons. The average molecular weight is 296 g/mol. The van der Waals surface area contributed by atoms with E-state index in [9.17, 15) is 0 Å². The number of hydrogen-bond donors (Lipinski definition) is 1. The fraction of sp³-hybridized carbons (Fsp3) is 0.625. The van der Waals surface area contributed by atoms with E-state index in [-0.39, 0.29) is 11.6 Å². The Morgan fingerprint density at radius 2 is 2.30 bits per heavy atom. The zero-order chi connectivity index (χ0) is 14.0. The van der Waals surface area contributed by atoms with E-state index in [2.05, 4.69) is 18.3 Å². The smallest absolute Gasteiger partial charge is 0.138 e. The van der Waals surface area contributed by atoms with Crippen LogP contribution in [0.5, 0.6) is 5.75 Å². The Labute approximate surface area is 125 Å². The molecule has 2 heterocycles. The number of ether oxygens (including phenoxy) is 2. The van der Waals surface area contributed by atoms with Gasteiger partial charge in [-0.05, 0) is 56.8 Å². The Morgan fingerprint density at radius 1 is 1.40 bits per heavy atom. The van der Waals surface area contributed by atoms with E-state index in [4.69, 9.17) is 21.1 Å². The second-order valence-corrected chi connectivity index (χ2v) is 6.37. The molecule has 0 spiro atoms. The average Bonchev–Trinajstić information content (AvgIpc) is 2.90. The Kier molecular flexibility index (Phi) is 4.20. The van der Waals surface area contributed by atoms with Crippen LogP contribution in [0.15, 0.2) is 18.2 Å². The highest BCUT2D eigenvalue weighted by Crippen LogP contribution is 2.35. The van der Waals surface area contributed by atoms with Crippen LogP contribution in [0.1, 0.15) is 38.2 Å². The van der Waals surface area contributed by atoms with Gasteiger partial charge in [0.05, 0.1) is 11.6 Å². The van der Waals surface area contributed by atoms with Crippen molar-refractivity contribution in [1.29, 1.82) is 0 Å². The van der Waals surface area contributed by atoms with Crippen LogP contribution >= 0.6 is 11.6 Å². The lowest BCUT2D eigenvalue weighted by atomic mass is 9.90. The molecule has 2 saturated heterocycles. The van der Waals surface area contributed by atoms with E-state index in [0.717, 1.165) is 38.2 Å². The van der Waals surface area contributed by atoms with Crippen molar-refractivity contribution in [2.45, 2.75) is 44.2 Å². The van der Waals surface area contributed by atoms with Gasteiger partial charge in [0.15, 0.2) is 0 Å². The zero-order valence-corrected chi connectivity index (χ0v) is 12.7. The van der Waals surface area contributed by atoms with Gasteiger partial charge in [-0.1, -0.05) is 17.7 Å². The highest BCUT2D eigenvalue weighted by molar-refractivity contribution is 6.32. The molecule has 3 rings (SSSR count). The highest BCUT2D eigenvalue weighted by atomic mass is 35.5. The third-order valence-corrected chi connectivity index (χ3v) is 4.65. The van der Waals surface area contributed by atoms with Crippen molar-refractivity contribution < 1.29 is 9.47 Å². The summed E-state index contributed by atoms with van der Waals surface area (Å²) in [5.41, 5.74) is 1.29. The van der Waals surface area contributed by atoms with Gasteiger partial charge in [0.25, 0.3) is 0 Å². The topological polar surface area (TPSA) is 30.5 Å². The Hall–Kier alpha value is -0.770. The minimum absolute atomic E-state index is 0.0517. The van der Waals surface area contributed by atoms with Crippen LogP contribution in [-0.4, -0.2) is 25.9 Å². The quantitative estimate of drug-likeness (QED) is 0.926. The third-order valence-electron chi connectivity index (χ3n) is 4.35. The fourth-order valence-electron chi connectivity index (χ4n) is 3.06. The Bertz CT molecular complexity index is 466. The van der Waals surface area contributed by atoms with Crippen LogP contribution in [0, 0.1) is 0 Å². The summed E-state index contributed by atoms with van der Waals surface area (Å²) in [7, 11) is 0. The first-order valence-corrected chi connectivity index (χ1v) is 7.85. The van der Waals surface area contributed by atoms with Gasteiger partial charge in [-0.3, -0.25) is 0 Å². The highest BCUT2D eigenvalue weighted by Gasteiger charge is 2.30. The summed E-state index contributed by atoms with van der Waals surface area (Å²) in [6, 6.07) is 6.17. The molecule has 0 radical (unpaired) electrons. The SMILES string of the molecule is CC1(c2ccc(OC3CCCOC3)c(Cl)c2)CCCN1. The predicted molar refractivity (Wildman–Crippen MR) is 80.5 cm³/mol. The molecular formula is C16H22ClNO2. The molecule has 1 aromatic rings. The van der Waals surface area contributed by atoms with Crippen molar-refractivity contribution in [2.24, 2.45) is 0 Å². The van der Waals surface area contributed by atoms with Gasteiger partial charge in [-0.15, -0.1) is 0 Å². The standard InChI is InChI=1S/C16H22ClNO2/c1-16(7-3-8-18-16)12-5-6-15(14(17)10-12)20-13-4-2-9-19-11-13/h5-6,10,13,18H,2-4,7-9,11H2,1H3.